The zero-order chi connectivity index (χ0) is 13.9. The summed E-state index contributed by atoms with van der Waals surface area (Å²) in [4.78, 5) is 17.5. The molecule has 1 aromatic rings. The van der Waals surface area contributed by atoms with Crippen LogP contribution < -0.4 is 15.5 Å². The number of aromatic nitrogens is 3. The number of nitrogens with zero attached hydrogens (tertiary/aromatic N) is 5. The fourth-order valence-corrected chi connectivity index (χ4v) is 3.44. The summed E-state index contributed by atoms with van der Waals surface area (Å²) < 4.78 is 5.36. The van der Waals surface area contributed by atoms with Crippen LogP contribution in [0.25, 0.3) is 0 Å². The highest BCUT2D eigenvalue weighted by Crippen LogP contribution is 2.23. The molecule has 2 aliphatic rings. The first kappa shape index (κ1) is 13.7. The van der Waals surface area contributed by atoms with Crippen LogP contribution in [0.3, 0.4) is 0 Å². The molecule has 7 nitrogen and oxygen atoms in total. The van der Waals surface area contributed by atoms with E-state index in [-0.39, 0.29) is 0 Å². The van der Waals surface area contributed by atoms with E-state index in [2.05, 4.69) is 31.7 Å². The second-order valence-corrected chi connectivity index (χ2v) is 6.16. The molecule has 0 saturated carbocycles. The van der Waals surface area contributed by atoms with Crippen molar-refractivity contribution in [1.29, 1.82) is 0 Å². The Labute approximate surface area is 122 Å². The van der Waals surface area contributed by atoms with Crippen molar-refractivity contribution in [2.24, 2.45) is 0 Å². The Morgan fingerprint density at radius 3 is 2.65 bits per heavy atom. The van der Waals surface area contributed by atoms with Crippen molar-refractivity contribution in [2.45, 2.75) is 13.0 Å². The normalized spacial score (nSPS) is 23.9. The highest BCUT2D eigenvalue weighted by atomic mass is 32.2. The molecule has 2 aliphatic heterocycles. The molecule has 0 radical (unpaired) electrons. The molecule has 2 N–H and O–H groups in total. The minimum absolute atomic E-state index is 0.293. The van der Waals surface area contributed by atoms with Gasteiger partial charge in [-0.3, -0.25) is 0 Å². The summed E-state index contributed by atoms with van der Waals surface area (Å²) in [6, 6.07) is 0.424. The Morgan fingerprint density at radius 2 is 1.90 bits per heavy atom. The molecular weight excluding hydrogens is 276 g/mol. The summed E-state index contributed by atoms with van der Waals surface area (Å²) in [6.45, 7) is 6.16. The second-order valence-electron chi connectivity index (χ2n) is 5.01. The number of anilines is 3. The van der Waals surface area contributed by atoms with E-state index < -0.39 is 0 Å². The molecule has 110 valence electrons. The molecule has 20 heavy (non-hydrogen) atoms. The van der Waals surface area contributed by atoms with Gasteiger partial charge < -0.3 is 20.3 Å². The third kappa shape index (κ3) is 2.90. The largest absolute Gasteiger partial charge is 0.378 e. The highest BCUT2D eigenvalue weighted by molar-refractivity contribution is 7.99. The molecule has 2 saturated heterocycles. The van der Waals surface area contributed by atoms with Crippen LogP contribution in [0, 0.1) is 0 Å². The second kappa shape index (κ2) is 6.01. The maximum atomic E-state index is 5.87. The summed E-state index contributed by atoms with van der Waals surface area (Å²) in [5.74, 6) is 3.86. The monoisotopic (exact) mass is 296 g/mol. The van der Waals surface area contributed by atoms with Crippen molar-refractivity contribution >= 4 is 29.6 Å². The molecule has 0 amide bonds. The van der Waals surface area contributed by atoms with Crippen molar-refractivity contribution in [3.8, 4) is 0 Å². The minimum atomic E-state index is 0.293. The van der Waals surface area contributed by atoms with E-state index in [0.29, 0.717) is 37.1 Å². The van der Waals surface area contributed by atoms with Crippen LogP contribution in [-0.4, -0.2) is 65.3 Å². The van der Waals surface area contributed by atoms with Crippen molar-refractivity contribution in [3.63, 3.8) is 0 Å². The lowest BCUT2D eigenvalue weighted by Crippen LogP contribution is -2.42. The first-order valence-corrected chi connectivity index (χ1v) is 8.08. The van der Waals surface area contributed by atoms with Crippen molar-refractivity contribution in [2.75, 3.05) is 59.9 Å². The Hall–Kier alpha value is -1.28. The third-order valence-electron chi connectivity index (χ3n) is 3.55. The minimum Gasteiger partial charge on any atom is -0.378 e. The fourth-order valence-electron chi connectivity index (χ4n) is 2.43. The zero-order valence-electron chi connectivity index (χ0n) is 11.7. The van der Waals surface area contributed by atoms with Crippen LogP contribution in [0.15, 0.2) is 0 Å². The molecule has 0 bridgehead atoms. The smallest absolute Gasteiger partial charge is 0.232 e. The van der Waals surface area contributed by atoms with Crippen LogP contribution in [0.2, 0.25) is 0 Å². The maximum Gasteiger partial charge on any atom is 0.232 e. The van der Waals surface area contributed by atoms with Gasteiger partial charge in [-0.25, -0.2) is 0 Å². The van der Waals surface area contributed by atoms with E-state index >= 15 is 0 Å². The van der Waals surface area contributed by atoms with Gasteiger partial charge in [0.1, 0.15) is 0 Å². The fraction of sp³-hybridized carbons (Fsp3) is 0.750. The van der Waals surface area contributed by atoms with Gasteiger partial charge in [0.25, 0.3) is 0 Å². The molecule has 1 unspecified atom stereocenters. The summed E-state index contributed by atoms with van der Waals surface area (Å²) in [5, 5.41) is 0. The molecule has 0 spiro atoms. The van der Waals surface area contributed by atoms with Gasteiger partial charge in [-0.05, 0) is 6.92 Å². The Bertz CT molecular complexity index is 467. The van der Waals surface area contributed by atoms with E-state index in [4.69, 9.17) is 10.5 Å². The van der Waals surface area contributed by atoms with Gasteiger partial charge in [-0.2, -0.15) is 26.7 Å². The highest BCUT2D eigenvalue weighted by Gasteiger charge is 2.23. The van der Waals surface area contributed by atoms with E-state index in [9.17, 15) is 0 Å². The Balaban J connectivity index is 1.85. The van der Waals surface area contributed by atoms with Crippen LogP contribution in [0.1, 0.15) is 6.92 Å². The number of nitrogens with two attached hydrogens (primary N) is 1. The number of nitrogen functional groups attached to an aromatic ring is 1. The molecule has 0 aromatic carbocycles. The number of thioether (sulfide) groups is 1. The van der Waals surface area contributed by atoms with Gasteiger partial charge in [-0.15, -0.1) is 0 Å². The molecule has 3 heterocycles. The van der Waals surface area contributed by atoms with E-state index in [1.54, 1.807) is 0 Å². The topological polar surface area (TPSA) is 80.4 Å². The Morgan fingerprint density at radius 1 is 1.15 bits per heavy atom. The summed E-state index contributed by atoms with van der Waals surface area (Å²) in [6.07, 6.45) is 0. The van der Waals surface area contributed by atoms with Gasteiger partial charge in [0.2, 0.25) is 17.8 Å². The number of rotatable bonds is 2. The number of hydrogen-bond donors (Lipinski definition) is 1. The van der Waals surface area contributed by atoms with E-state index in [1.807, 2.05) is 11.8 Å². The molecule has 0 aliphatic carbocycles. The molecule has 3 rings (SSSR count). The lowest BCUT2D eigenvalue weighted by Gasteiger charge is -2.34. The summed E-state index contributed by atoms with van der Waals surface area (Å²) in [5.41, 5.74) is 5.87. The van der Waals surface area contributed by atoms with Gasteiger partial charge in [0.15, 0.2) is 0 Å². The summed E-state index contributed by atoms with van der Waals surface area (Å²) >= 11 is 1.97. The Kier molecular flexibility index (Phi) is 4.11. The van der Waals surface area contributed by atoms with Crippen molar-refractivity contribution in [3.05, 3.63) is 0 Å². The number of hydrogen-bond acceptors (Lipinski definition) is 8. The van der Waals surface area contributed by atoms with Crippen LogP contribution >= 0.6 is 11.8 Å². The van der Waals surface area contributed by atoms with Crippen LogP contribution in [0.4, 0.5) is 17.8 Å². The van der Waals surface area contributed by atoms with Crippen LogP contribution in [-0.2, 0) is 4.74 Å². The summed E-state index contributed by atoms with van der Waals surface area (Å²) in [7, 11) is 0. The molecule has 1 aromatic heterocycles. The van der Waals surface area contributed by atoms with Crippen molar-refractivity contribution in [1.82, 2.24) is 15.0 Å². The van der Waals surface area contributed by atoms with Gasteiger partial charge in [0, 0.05) is 37.2 Å². The number of ether oxygens (including phenoxy) is 1. The standard InChI is InChI=1S/C12H20N6OS/c1-9-8-20-7-4-18(9)12-15-10(13)14-11(16-12)17-2-5-19-6-3-17/h9H,2-8H2,1H3,(H2,13,14,15,16). The average molecular weight is 296 g/mol. The molecular formula is C12H20N6OS. The average Bonchev–Trinajstić information content (AvgIpc) is 2.48. The van der Waals surface area contributed by atoms with Gasteiger partial charge >= 0.3 is 0 Å². The molecule has 1 atom stereocenters. The predicted octanol–water partition coefficient (Wildman–Crippen LogP) is 0.232. The van der Waals surface area contributed by atoms with Gasteiger partial charge in [0.05, 0.1) is 13.2 Å². The van der Waals surface area contributed by atoms with Crippen molar-refractivity contribution < 1.29 is 4.74 Å². The molecule has 2 fully saturated rings. The third-order valence-corrected chi connectivity index (χ3v) is 4.74. The lowest BCUT2D eigenvalue weighted by atomic mass is 10.3. The predicted molar refractivity (Wildman–Crippen MR) is 81.4 cm³/mol. The first-order valence-electron chi connectivity index (χ1n) is 6.92. The van der Waals surface area contributed by atoms with E-state index in [1.165, 1.54) is 0 Å². The maximum absolute atomic E-state index is 5.87. The lowest BCUT2D eigenvalue weighted by molar-refractivity contribution is 0.122. The SMILES string of the molecule is CC1CSCCN1c1nc(N)nc(N2CCOCC2)n1. The first-order chi connectivity index (χ1) is 9.74. The van der Waals surface area contributed by atoms with Gasteiger partial charge in [-0.1, -0.05) is 0 Å². The quantitative estimate of drug-likeness (QED) is 0.831. The number of morpholine rings is 1. The molecule has 8 heteroatoms. The zero-order valence-corrected chi connectivity index (χ0v) is 12.5. The van der Waals surface area contributed by atoms with E-state index in [0.717, 1.165) is 31.1 Å². The van der Waals surface area contributed by atoms with Crippen LogP contribution in [0.5, 0.6) is 0 Å².